The van der Waals surface area contributed by atoms with E-state index in [4.69, 9.17) is 23.7 Å². The van der Waals surface area contributed by atoms with Crippen LogP contribution in [0.15, 0.2) is 36.4 Å². The minimum atomic E-state index is -0.843. The molecule has 3 aliphatic rings. The van der Waals surface area contributed by atoms with Gasteiger partial charge in [-0.1, -0.05) is 12.1 Å². The number of hydrogen-bond acceptors (Lipinski definition) is 7. The number of aliphatic hydroxyl groups is 1. The third kappa shape index (κ3) is 2.84. The summed E-state index contributed by atoms with van der Waals surface area (Å²) in [5.41, 5.74) is 1.62. The van der Waals surface area contributed by atoms with Crippen molar-refractivity contribution in [3.8, 4) is 23.0 Å². The lowest BCUT2D eigenvalue weighted by molar-refractivity contribution is -0.141. The third-order valence-electron chi connectivity index (χ3n) is 5.27. The molecule has 7 nitrogen and oxygen atoms in total. The molecule has 0 spiro atoms. The Morgan fingerprint density at radius 3 is 2.33 bits per heavy atom. The van der Waals surface area contributed by atoms with Gasteiger partial charge >= 0.3 is 5.97 Å². The third-order valence-corrected chi connectivity index (χ3v) is 5.27. The van der Waals surface area contributed by atoms with Crippen molar-refractivity contribution in [3.05, 3.63) is 47.5 Å². The Balaban J connectivity index is 1.37. The van der Waals surface area contributed by atoms with Gasteiger partial charge < -0.3 is 28.8 Å². The zero-order chi connectivity index (χ0) is 18.4. The average Bonchev–Trinajstić information content (AvgIpc) is 3.41. The highest BCUT2D eigenvalue weighted by atomic mass is 16.7. The molecule has 2 aromatic rings. The average molecular weight is 370 g/mol. The van der Waals surface area contributed by atoms with E-state index in [1.807, 2.05) is 18.2 Å². The number of carbonyl (C=O) groups excluding carboxylic acids is 1. The van der Waals surface area contributed by atoms with Crippen molar-refractivity contribution < 1.29 is 33.6 Å². The first-order valence-electron chi connectivity index (χ1n) is 8.82. The first-order valence-corrected chi connectivity index (χ1v) is 8.82. The van der Waals surface area contributed by atoms with Crippen LogP contribution in [0.2, 0.25) is 0 Å². The quantitative estimate of drug-likeness (QED) is 0.826. The zero-order valence-corrected chi connectivity index (χ0v) is 14.4. The molecule has 1 saturated heterocycles. The second-order valence-corrected chi connectivity index (χ2v) is 6.85. The van der Waals surface area contributed by atoms with Gasteiger partial charge in [-0.3, -0.25) is 4.79 Å². The van der Waals surface area contributed by atoms with Crippen LogP contribution in [0.4, 0.5) is 0 Å². The molecule has 2 aromatic carbocycles. The monoisotopic (exact) mass is 370 g/mol. The van der Waals surface area contributed by atoms with Gasteiger partial charge in [-0.25, -0.2) is 0 Å². The lowest BCUT2D eigenvalue weighted by Gasteiger charge is -2.22. The lowest BCUT2D eigenvalue weighted by Crippen LogP contribution is -2.24. The van der Waals surface area contributed by atoms with Crippen molar-refractivity contribution in [2.45, 2.75) is 12.5 Å². The maximum Gasteiger partial charge on any atom is 0.309 e. The number of rotatable bonds is 4. The van der Waals surface area contributed by atoms with E-state index in [9.17, 15) is 9.90 Å². The van der Waals surface area contributed by atoms with Crippen LogP contribution in [0.25, 0.3) is 0 Å². The van der Waals surface area contributed by atoms with E-state index in [1.54, 1.807) is 18.2 Å². The van der Waals surface area contributed by atoms with Crippen molar-refractivity contribution >= 4 is 5.97 Å². The summed E-state index contributed by atoms with van der Waals surface area (Å²) in [6.45, 7) is 0.562. The van der Waals surface area contributed by atoms with Gasteiger partial charge in [0.05, 0.1) is 18.6 Å². The lowest BCUT2D eigenvalue weighted by atomic mass is 9.83. The molecule has 3 atom stereocenters. The molecule has 0 bridgehead atoms. The standard InChI is InChI=1S/C20H18O7/c21-19(12-2-4-16-18(7-12)27-10-25-16)14-8-23-20(22)13(14)5-11-1-3-15-17(6-11)26-9-24-15/h1-4,6-7,13-14,19,21H,5,8-10H2/t13-,14+,19-/m0/s1. The maximum atomic E-state index is 12.3. The summed E-state index contributed by atoms with van der Waals surface area (Å²) < 4.78 is 26.7. The summed E-state index contributed by atoms with van der Waals surface area (Å²) in [6, 6.07) is 10.9. The number of fused-ring (bicyclic) bond motifs is 2. The van der Waals surface area contributed by atoms with Crippen LogP contribution in [-0.2, 0) is 16.0 Å². The molecule has 7 heteroatoms. The summed E-state index contributed by atoms with van der Waals surface area (Å²) in [7, 11) is 0. The number of hydrogen-bond donors (Lipinski definition) is 1. The first-order chi connectivity index (χ1) is 13.2. The summed E-state index contributed by atoms with van der Waals surface area (Å²) in [5.74, 6) is 1.55. The summed E-state index contributed by atoms with van der Waals surface area (Å²) in [4.78, 5) is 12.3. The first kappa shape index (κ1) is 16.3. The van der Waals surface area contributed by atoms with Crippen LogP contribution in [0.3, 0.4) is 0 Å². The van der Waals surface area contributed by atoms with Crippen LogP contribution in [0.5, 0.6) is 23.0 Å². The molecule has 3 heterocycles. The van der Waals surface area contributed by atoms with Gasteiger partial charge in [-0.2, -0.15) is 0 Å². The fourth-order valence-corrected chi connectivity index (χ4v) is 3.79. The summed E-state index contributed by atoms with van der Waals surface area (Å²) in [6.07, 6.45) is -0.383. The number of carbonyl (C=O) groups is 1. The molecule has 27 heavy (non-hydrogen) atoms. The smallest absolute Gasteiger partial charge is 0.309 e. The fraction of sp³-hybridized carbons (Fsp3) is 0.350. The van der Waals surface area contributed by atoms with Gasteiger partial charge in [0.1, 0.15) is 0 Å². The Hall–Kier alpha value is -2.93. The second-order valence-electron chi connectivity index (χ2n) is 6.85. The van der Waals surface area contributed by atoms with Crippen molar-refractivity contribution in [2.24, 2.45) is 11.8 Å². The van der Waals surface area contributed by atoms with Gasteiger partial charge in [0.2, 0.25) is 13.6 Å². The minimum Gasteiger partial charge on any atom is -0.465 e. The Bertz CT molecular complexity index is 894. The highest BCUT2D eigenvalue weighted by Gasteiger charge is 2.42. The molecule has 0 amide bonds. The summed E-state index contributed by atoms with van der Waals surface area (Å²) in [5, 5.41) is 10.9. The number of aliphatic hydroxyl groups excluding tert-OH is 1. The molecule has 1 fully saturated rings. The Morgan fingerprint density at radius 1 is 0.889 bits per heavy atom. The molecular formula is C20H18O7. The van der Waals surface area contributed by atoms with Crippen molar-refractivity contribution in [2.75, 3.05) is 20.2 Å². The van der Waals surface area contributed by atoms with E-state index in [0.29, 0.717) is 35.0 Å². The van der Waals surface area contributed by atoms with Crippen LogP contribution in [0, 0.1) is 11.8 Å². The van der Waals surface area contributed by atoms with E-state index in [1.165, 1.54) is 0 Å². The largest absolute Gasteiger partial charge is 0.465 e. The van der Waals surface area contributed by atoms with Crippen molar-refractivity contribution in [1.82, 2.24) is 0 Å². The van der Waals surface area contributed by atoms with E-state index in [2.05, 4.69) is 0 Å². The van der Waals surface area contributed by atoms with Crippen LogP contribution in [0.1, 0.15) is 17.2 Å². The molecule has 0 radical (unpaired) electrons. The predicted molar refractivity (Wildman–Crippen MR) is 91.7 cm³/mol. The van der Waals surface area contributed by atoms with E-state index >= 15 is 0 Å². The molecule has 5 rings (SSSR count). The number of benzene rings is 2. The Morgan fingerprint density at radius 2 is 1.56 bits per heavy atom. The second kappa shape index (κ2) is 6.35. The minimum absolute atomic E-state index is 0.173. The fourth-order valence-electron chi connectivity index (χ4n) is 3.79. The maximum absolute atomic E-state index is 12.3. The molecule has 3 aliphatic heterocycles. The van der Waals surface area contributed by atoms with E-state index < -0.39 is 12.0 Å². The number of esters is 1. The number of cyclic esters (lactones) is 1. The topological polar surface area (TPSA) is 83.5 Å². The molecule has 0 unspecified atom stereocenters. The molecular weight excluding hydrogens is 352 g/mol. The van der Waals surface area contributed by atoms with E-state index in [0.717, 1.165) is 5.56 Å². The van der Waals surface area contributed by atoms with Gasteiger partial charge in [0.25, 0.3) is 0 Å². The Labute approximate surface area is 155 Å². The molecule has 0 aromatic heterocycles. The SMILES string of the molecule is O=C1OC[C@@H]([C@@H](O)c2ccc3c(c2)OCO3)[C@@H]1Cc1ccc2c(c1)OCO2. The zero-order valence-electron chi connectivity index (χ0n) is 14.4. The predicted octanol–water partition coefficient (Wildman–Crippen LogP) is 2.21. The molecule has 0 saturated carbocycles. The number of ether oxygens (including phenoxy) is 5. The highest BCUT2D eigenvalue weighted by molar-refractivity contribution is 5.75. The van der Waals surface area contributed by atoms with Gasteiger partial charge in [-0.15, -0.1) is 0 Å². The van der Waals surface area contributed by atoms with E-state index in [-0.39, 0.29) is 32.1 Å². The van der Waals surface area contributed by atoms with Crippen LogP contribution < -0.4 is 18.9 Å². The van der Waals surface area contributed by atoms with Gasteiger partial charge in [0.15, 0.2) is 23.0 Å². The van der Waals surface area contributed by atoms with Crippen molar-refractivity contribution in [1.29, 1.82) is 0 Å². The molecule has 0 aliphatic carbocycles. The Kier molecular flexibility index (Phi) is 3.82. The van der Waals surface area contributed by atoms with Crippen molar-refractivity contribution in [3.63, 3.8) is 0 Å². The highest BCUT2D eigenvalue weighted by Crippen LogP contribution is 2.41. The molecule has 1 N–H and O–H groups in total. The normalized spacial score (nSPS) is 23.4. The summed E-state index contributed by atoms with van der Waals surface area (Å²) >= 11 is 0. The van der Waals surface area contributed by atoms with Gasteiger partial charge in [0, 0.05) is 5.92 Å². The van der Waals surface area contributed by atoms with Crippen LogP contribution >= 0.6 is 0 Å². The molecule has 140 valence electrons. The van der Waals surface area contributed by atoms with Crippen LogP contribution in [-0.4, -0.2) is 31.3 Å². The van der Waals surface area contributed by atoms with Gasteiger partial charge in [-0.05, 0) is 41.8 Å².